The Balaban J connectivity index is 2.01. The molecular formula is C14H17NO5S. The fourth-order valence-corrected chi connectivity index (χ4v) is 2.28. The van der Waals surface area contributed by atoms with E-state index >= 15 is 0 Å². The molecule has 1 aromatic rings. The van der Waals surface area contributed by atoms with Gasteiger partial charge in [0.15, 0.2) is 11.5 Å². The zero-order valence-electron chi connectivity index (χ0n) is 11.5. The topological polar surface area (TPSA) is 84.9 Å². The van der Waals surface area contributed by atoms with Gasteiger partial charge in [-0.05, 0) is 31.0 Å². The molecule has 0 radical (unpaired) electrons. The van der Waals surface area contributed by atoms with E-state index in [9.17, 15) is 9.59 Å². The number of carbonyl (C=O) groups excluding carboxylic acids is 1. The second-order valence-corrected chi connectivity index (χ2v) is 5.20. The van der Waals surface area contributed by atoms with Crippen LogP contribution in [0.3, 0.4) is 0 Å². The molecule has 2 rings (SSSR count). The molecule has 0 fully saturated rings. The summed E-state index contributed by atoms with van der Waals surface area (Å²) in [5.41, 5.74) is 0.913. The number of nitrogens with one attached hydrogen (secondary N) is 1. The molecule has 0 bridgehead atoms. The second kappa shape index (κ2) is 6.71. The molecule has 2 atom stereocenters. The molecular weight excluding hydrogens is 294 g/mol. The lowest BCUT2D eigenvalue weighted by atomic mass is 9.99. The van der Waals surface area contributed by atoms with Crippen LogP contribution in [0.1, 0.15) is 12.5 Å². The minimum Gasteiger partial charge on any atom is -0.480 e. The highest BCUT2D eigenvalue weighted by molar-refractivity contribution is 7.80. The first kappa shape index (κ1) is 15.5. The maximum absolute atomic E-state index is 12.0. The van der Waals surface area contributed by atoms with Gasteiger partial charge in [0.05, 0.1) is 5.92 Å². The average molecular weight is 311 g/mol. The number of carbonyl (C=O) groups is 2. The number of hydrogen-bond donors (Lipinski definition) is 3. The first-order valence-corrected chi connectivity index (χ1v) is 7.17. The predicted octanol–water partition coefficient (Wildman–Crippen LogP) is 1.09. The fourth-order valence-electron chi connectivity index (χ4n) is 1.99. The van der Waals surface area contributed by atoms with Crippen molar-refractivity contribution < 1.29 is 24.2 Å². The van der Waals surface area contributed by atoms with E-state index in [-0.39, 0.29) is 12.7 Å². The van der Waals surface area contributed by atoms with Crippen molar-refractivity contribution in [2.45, 2.75) is 19.4 Å². The molecule has 0 spiro atoms. The van der Waals surface area contributed by atoms with Crippen LogP contribution in [0, 0.1) is 5.92 Å². The van der Waals surface area contributed by atoms with E-state index in [4.69, 9.17) is 14.6 Å². The van der Waals surface area contributed by atoms with Gasteiger partial charge < -0.3 is 19.9 Å². The lowest BCUT2D eigenvalue weighted by Gasteiger charge is -2.17. The molecule has 114 valence electrons. The molecule has 2 N–H and O–H groups in total. The van der Waals surface area contributed by atoms with Crippen molar-refractivity contribution in [3.05, 3.63) is 23.8 Å². The first-order valence-electron chi connectivity index (χ1n) is 6.54. The van der Waals surface area contributed by atoms with E-state index in [1.54, 1.807) is 6.07 Å². The molecule has 7 heteroatoms. The fraction of sp³-hybridized carbons (Fsp3) is 0.429. The summed E-state index contributed by atoms with van der Waals surface area (Å²) in [5.74, 6) is -0.126. The molecule has 1 heterocycles. The molecule has 1 aliphatic heterocycles. The summed E-state index contributed by atoms with van der Waals surface area (Å²) < 4.78 is 10.5. The van der Waals surface area contributed by atoms with Crippen molar-refractivity contribution >= 4 is 24.5 Å². The van der Waals surface area contributed by atoms with E-state index in [1.165, 1.54) is 6.92 Å². The van der Waals surface area contributed by atoms with Gasteiger partial charge in [-0.1, -0.05) is 6.07 Å². The van der Waals surface area contributed by atoms with Crippen LogP contribution in [0.5, 0.6) is 11.5 Å². The van der Waals surface area contributed by atoms with Gasteiger partial charge in [-0.3, -0.25) is 9.59 Å². The van der Waals surface area contributed by atoms with Gasteiger partial charge >= 0.3 is 5.97 Å². The van der Waals surface area contributed by atoms with Gasteiger partial charge in [0.1, 0.15) is 6.04 Å². The lowest BCUT2D eigenvalue weighted by Crippen LogP contribution is -2.42. The molecule has 1 aliphatic rings. The van der Waals surface area contributed by atoms with Crippen LogP contribution in [0.4, 0.5) is 0 Å². The third kappa shape index (κ3) is 3.81. The Kier molecular flexibility index (Phi) is 4.95. The van der Waals surface area contributed by atoms with Gasteiger partial charge in [-0.15, -0.1) is 0 Å². The van der Waals surface area contributed by atoms with E-state index < -0.39 is 17.9 Å². The molecule has 0 unspecified atom stereocenters. The monoisotopic (exact) mass is 311 g/mol. The van der Waals surface area contributed by atoms with Crippen molar-refractivity contribution in [1.82, 2.24) is 5.32 Å². The minimum atomic E-state index is -1.07. The number of carboxylic acids is 1. The minimum absolute atomic E-state index is 0.200. The first-order chi connectivity index (χ1) is 10.0. The Bertz CT molecular complexity index is 548. The molecule has 1 aromatic carbocycles. The van der Waals surface area contributed by atoms with Crippen molar-refractivity contribution in [3.8, 4) is 11.5 Å². The second-order valence-electron chi connectivity index (χ2n) is 4.84. The van der Waals surface area contributed by atoms with Crippen LogP contribution in [0.25, 0.3) is 0 Å². The summed E-state index contributed by atoms with van der Waals surface area (Å²) in [6.07, 6.45) is 0.457. The summed E-state index contributed by atoms with van der Waals surface area (Å²) >= 11 is 4.18. The number of amides is 1. The average Bonchev–Trinajstić information content (AvgIpc) is 2.91. The molecule has 6 nitrogen and oxygen atoms in total. The van der Waals surface area contributed by atoms with Crippen LogP contribution in [0.15, 0.2) is 18.2 Å². The number of rotatable bonds is 6. The summed E-state index contributed by atoms with van der Waals surface area (Å²) in [4.78, 5) is 22.8. The number of fused-ring (bicyclic) bond motifs is 1. The Morgan fingerprint density at radius 2 is 2.10 bits per heavy atom. The molecule has 0 aliphatic carbocycles. The summed E-state index contributed by atoms with van der Waals surface area (Å²) in [6.45, 7) is 1.63. The number of carboxylic acid groups (broad SMARTS) is 1. The normalized spacial score (nSPS) is 15.3. The Hall–Kier alpha value is -1.89. The third-order valence-corrected chi connectivity index (χ3v) is 3.68. The van der Waals surface area contributed by atoms with Crippen LogP contribution in [-0.2, 0) is 16.0 Å². The number of thiol groups is 1. The Morgan fingerprint density at radius 1 is 1.38 bits per heavy atom. The number of benzene rings is 1. The van der Waals surface area contributed by atoms with Crippen molar-refractivity contribution in [2.75, 3.05) is 12.5 Å². The molecule has 0 saturated heterocycles. The number of hydrogen-bond acceptors (Lipinski definition) is 5. The van der Waals surface area contributed by atoms with Crippen LogP contribution >= 0.6 is 12.6 Å². The zero-order valence-corrected chi connectivity index (χ0v) is 12.4. The highest BCUT2D eigenvalue weighted by Crippen LogP contribution is 2.33. The van der Waals surface area contributed by atoms with Gasteiger partial charge in [-0.2, -0.15) is 12.6 Å². The Labute approximate surface area is 127 Å². The maximum atomic E-state index is 12.0. The third-order valence-electron chi connectivity index (χ3n) is 3.24. The van der Waals surface area contributed by atoms with Crippen molar-refractivity contribution in [2.24, 2.45) is 5.92 Å². The highest BCUT2D eigenvalue weighted by atomic mass is 32.1. The van der Waals surface area contributed by atoms with E-state index in [2.05, 4.69) is 17.9 Å². The molecule has 21 heavy (non-hydrogen) atoms. The smallest absolute Gasteiger partial charge is 0.325 e. The van der Waals surface area contributed by atoms with Crippen LogP contribution < -0.4 is 14.8 Å². The van der Waals surface area contributed by atoms with Gasteiger partial charge in [-0.25, -0.2) is 0 Å². The SMILES string of the molecule is C[C@H](NC(=O)[C@H](CS)Cc1ccc2c(c1)OCO2)C(=O)O. The quantitative estimate of drug-likeness (QED) is 0.685. The van der Waals surface area contributed by atoms with Crippen LogP contribution in [-0.4, -0.2) is 35.6 Å². The number of ether oxygens (including phenoxy) is 2. The summed E-state index contributed by atoms with van der Waals surface area (Å²) in [7, 11) is 0. The summed E-state index contributed by atoms with van der Waals surface area (Å²) in [6, 6.07) is 4.56. The zero-order chi connectivity index (χ0) is 15.4. The largest absolute Gasteiger partial charge is 0.480 e. The van der Waals surface area contributed by atoms with Gasteiger partial charge in [0, 0.05) is 5.75 Å². The molecule has 1 amide bonds. The number of aliphatic carboxylic acids is 1. The predicted molar refractivity (Wildman–Crippen MR) is 78.9 cm³/mol. The maximum Gasteiger partial charge on any atom is 0.325 e. The molecule has 0 saturated carbocycles. The van der Waals surface area contributed by atoms with Gasteiger partial charge in [0.25, 0.3) is 0 Å². The van der Waals surface area contributed by atoms with E-state index in [1.807, 2.05) is 12.1 Å². The highest BCUT2D eigenvalue weighted by Gasteiger charge is 2.23. The standard InChI is InChI=1S/C14H17NO5S/c1-8(14(17)18)15-13(16)10(6-21)4-9-2-3-11-12(5-9)20-7-19-11/h2-3,5,8,10,21H,4,6-7H2,1H3,(H,15,16)(H,17,18)/t8-,10-/m0/s1. The molecule has 0 aromatic heterocycles. The Morgan fingerprint density at radius 3 is 2.76 bits per heavy atom. The van der Waals surface area contributed by atoms with Gasteiger partial charge in [0.2, 0.25) is 12.7 Å². The van der Waals surface area contributed by atoms with Crippen molar-refractivity contribution in [3.63, 3.8) is 0 Å². The summed E-state index contributed by atoms with van der Waals surface area (Å²) in [5, 5.41) is 11.3. The van der Waals surface area contributed by atoms with Crippen LogP contribution in [0.2, 0.25) is 0 Å². The van der Waals surface area contributed by atoms with Crippen molar-refractivity contribution in [1.29, 1.82) is 0 Å². The van der Waals surface area contributed by atoms with E-state index in [0.29, 0.717) is 23.7 Å². The van der Waals surface area contributed by atoms with E-state index in [0.717, 1.165) is 5.56 Å². The lowest BCUT2D eigenvalue weighted by molar-refractivity contribution is -0.141.